The maximum Gasteiger partial charge on any atom is 0.394 e. The van der Waals surface area contributed by atoms with E-state index in [2.05, 4.69) is 15.4 Å². The van der Waals surface area contributed by atoms with Gasteiger partial charge in [0.25, 0.3) is 11.8 Å². The Kier molecular flexibility index (Phi) is 7.48. The Bertz CT molecular complexity index is 1070. The Morgan fingerprint density at radius 3 is 2.81 bits per heavy atom. The number of ether oxygens (including phenoxy) is 1. The van der Waals surface area contributed by atoms with Crippen LogP contribution in [0.2, 0.25) is 0 Å². The van der Waals surface area contributed by atoms with E-state index in [0.717, 1.165) is 11.1 Å². The van der Waals surface area contributed by atoms with Crippen molar-refractivity contribution >= 4 is 21.5 Å². The number of aromatic nitrogens is 1. The van der Waals surface area contributed by atoms with Crippen molar-refractivity contribution in [3.8, 4) is 6.08 Å². The lowest BCUT2D eigenvalue weighted by atomic mass is 10.0. The van der Waals surface area contributed by atoms with E-state index in [1.165, 1.54) is 11.8 Å². The molecule has 1 fully saturated rings. The molecule has 3 rings (SSSR count). The number of hydrogen-bond donors (Lipinski definition) is 0. The van der Waals surface area contributed by atoms with Crippen molar-refractivity contribution in [1.29, 1.82) is 0 Å². The van der Waals surface area contributed by atoms with Gasteiger partial charge in [0.2, 0.25) is 0 Å². The fourth-order valence-electron chi connectivity index (χ4n) is 3.55. The highest BCUT2D eigenvalue weighted by Crippen LogP contribution is 2.16. The molecule has 1 unspecified atom stereocenters. The van der Waals surface area contributed by atoms with Gasteiger partial charge < -0.3 is 14.1 Å². The van der Waals surface area contributed by atoms with Gasteiger partial charge in [-0.25, -0.2) is 4.21 Å². The minimum Gasteiger partial charge on any atom is -0.450 e. The number of amides is 2. The van der Waals surface area contributed by atoms with Crippen molar-refractivity contribution in [2.24, 2.45) is 4.36 Å². The normalized spacial score (nSPS) is 19.0. The Balaban J connectivity index is 1.60. The van der Waals surface area contributed by atoms with Crippen LogP contribution in [0.3, 0.4) is 0 Å². The summed E-state index contributed by atoms with van der Waals surface area (Å²) in [4.78, 5) is 30.7. The molecule has 1 aliphatic heterocycles. The van der Waals surface area contributed by atoms with Gasteiger partial charge in [0, 0.05) is 31.0 Å². The summed E-state index contributed by atoms with van der Waals surface area (Å²) < 4.78 is 27.5. The standard InChI is InChI=1S/C22H29N3O5S/c1-4-29-22-23-19(15-30-22)21(27)25-10-5-12-31(28,13-11-25)24-20(26)9-8-18-7-6-16(2)14-17(18)3/h6-7,14-15H,4-5,8-13H2,1-3H3. The average molecular weight is 448 g/mol. The van der Waals surface area contributed by atoms with Gasteiger partial charge in [-0.2, -0.15) is 9.35 Å². The molecule has 0 N–H and O–H groups in total. The van der Waals surface area contributed by atoms with Crippen molar-refractivity contribution < 1.29 is 23.0 Å². The first-order chi connectivity index (χ1) is 14.8. The molecule has 1 aromatic carbocycles. The fourth-order valence-corrected chi connectivity index (χ4v) is 5.48. The molecule has 1 aliphatic rings. The van der Waals surface area contributed by atoms with Crippen LogP contribution in [0.1, 0.15) is 46.9 Å². The largest absolute Gasteiger partial charge is 0.450 e. The molecule has 0 radical (unpaired) electrons. The van der Waals surface area contributed by atoms with Crippen LogP contribution in [0.4, 0.5) is 0 Å². The molecule has 0 saturated carbocycles. The van der Waals surface area contributed by atoms with Gasteiger partial charge in [0.15, 0.2) is 5.69 Å². The number of rotatable bonds is 6. The van der Waals surface area contributed by atoms with E-state index in [-0.39, 0.29) is 42.3 Å². The molecule has 2 heterocycles. The van der Waals surface area contributed by atoms with Crippen LogP contribution in [-0.4, -0.2) is 57.1 Å². The summed E-state index contributed by atoms with van der Waals surface area (Å²) in [5, 5.41) is 0. The molecule has 2 aromatic rings. The van der Waals surface area contributed by atoms with Crippen LogP contribution >= 0.6 is 0 Å². The number of carbonyl (C=O) groups excluding carboxylic acids is 2. The maximum atomic E-state index is 13.2. The molecule has 2 amide bonds. The highest BCUT2D eigenvalue weighted by atomic mass is 32.2. The second-order valence-electron chi connectivity index (χ2n) is 7.67. The molecule has 31 heavy (non-hydrogen) atoms. The minimum atomic E-state index is -2.69. The monoisotopic (exact) mass is 447 g/mol. The Labute approximate surface area is 183 Å². The third-order valence-corrected chi connectivity index (χ3v) is 7.49. The Hall–Kier alpha value is -2.68. The summed E-state index contributed by atoms with van der Waals surface area (Å²) in [6.45, 7) is 6.92. The van der Waals surface area contributed by atoms with Gasteiger partial charge in [0.1, 0.15) is 6.26 Å². The van der Waals surface area contributed by atoms with E-state index in [0.29, 0.717) is 31.7 Å². The number of carbonyl (C=O) groups is 2. The lowest BCUT2D eigenvalue weighted by molar-refractivity contribution is -0.117. The first kappa shape index (κ1) is 23.0. The number of benzene rings is 1. The Morgan fingerprint density at radius 1 is 1.26 bits per heavy atom. The molecular formula is C22H29N3O5S. The highest BCUT2D eigenvalue weighted by Gasteiger charge is 2.25. The number of oxazole rings is 1. The lowest BCUT2D eigenvalue weighted by Crippen LogP contribution is -2.33. The average Bonchev–Trinajstić information content (AvgIpc) is 3.09. The number of nitrogens with zero attached hydrogens (tertiary/aromatic N) is 3. The molecule has 0 bridgehead atoms. The predicted molar refractivity (Wildman–Crippen MR) is 118 cm³/mol. The van der Waals surface area contributed by atoms with Gasteiger partial charge >= 0.3 is 6.08 Å². The van der Waals surface area contributed by atoms with E-state index in [4.69, 9.17) is 9.15 Å². The molecule has 8 nitrogen and oxygen atoms in total. The summed E-state index contributed by atoms with van der Waals surface area (Å²) in [6, 6.07) is 6.13. The molecule has 1 atom stereocenters. The quantitative estimate of drug-likeness (QED) is 0.674. The Morgan fingerprint density at radius 2 is 2.06 bits per heavy atom. The summed E-state index contributed by atoms with van der Waals surface area (Å²) >= 11 is 0. The second kappa shape index (κ2) is 10.1. The predicted octanol–water partition coefficient (Wildman–Crippen LogP) is 3.16. The zero-order chi connectivity index (χ0) is 22.4. The van der Waals surface area contributed by atoms with Gasteiger partial charge in [-0.05, 0) is 44.7 Å². The fraction of sp³-hybridized carbons (Fsp3) is 0.500. The molecule has 9 heteroatoms. The second-order valence-corrected chi connectivity index (χ2v) is 10.2. The topological polar surface area (TPSA) is 102 Å². The summed E-state index contributed by atoms with van der Waals surface area (Å²) in [6.07, 6.45) is 2.62. The lowest BCUT2D eigenvalue weighted by Gasteiger charge is -2.18. The van der Waals surface area contributed by atoms with Gasteiger partial charge in [-0.1, -0.05) is 23.8 Å². The molecule has 0 spiro atoms. The van der Waals surface area contributed by atoms with E-state index in [9.17, 15) is 13.8 Å². The summed E-state index contributed by atoms with van der Waals surface area (Å²) in [7, 11) is -2.69. The minimum absolute atomic E-state index is 0.0499. The first-order valence-electron chi connectivity index (χ1n) is 10.5. The smallest absolute Gasteiger partial charge is 0.394 e. The van der Waals surface area contributed by atoms with Crippen molar-refractivity contribution in [2.75, 3.05) is 31.2 Å². The summed E-state index contributed by atoms with van der Waals surface area (Å²) in [5.41, 5.74) is 3.57. The molecule has 0 aliphatic carbocycles. The SMILES string of the molecule is CCOc1nc(C(=O)N2CCCS(=O)(=NC(=O)CCc3ccc(C)cc3C)CC2)co1. The van der Waals surface area contributed by atoms with Crippen LogP contribution < -0.4 is 4.74 Å². The van der Waals surface area contributed by atoms with Crippen molar-refractivity contribution in [2.45, 2.75) is 40.0 Å². The summed E-state index contributed by atoms with van der Waals surface area (Å²) in [5.74, 6) is -0.179. The van der Waals surface area contributed by atoms with E-state index < -0.39 is 9.73 Å². The first-order valence-corrected chi connectivity index (χ1v) is 12.3. The van der Waals surface area contributed by atoms with E-state index >= 15 is 0 Å². The number of aryl methyl sites for hydroxylation is 3. The van der Waals surface area contributed by atoms with Gasteiger partial charge in [-0.3, -0.25) is 9.59 Å². The third kappa shape index (κ3) is 6.16. The van der Waals surface area contributed by atoms with E-state index in [1.54, 1.807) is 11.8 Å². The van der Waals surface area contributed by atoms with Crippen LogP contribution in [0, 0.1) is 13.8 Å². The molecule has 1 saturated heterocycles. The van der Waals surface area contributed by atoms with Gasteiger partial charge in [-0.15, -0.1) is 0 Å². The van der Waals surface area contributed by atoms with Crippen molar-refractivity contribution in [1.82, 2.24) is 9.88 Å². The van der Waals surface area contributed by atoms with Crippen molar-refractivity contribution in [3.05, 3.63) is 46.8 Å². The van der Waals surface area contributed by atoms with Crippen LogP contribution in [0.25, 0.3) is 0 Å². The van der Waals surface area contributed by atoms with Crippen LogP contribution in [0.5, 0.6) is 6.08 Å². The molecule has 1 aromatic heterocycles. The van der Waals surface area contributed by atoms with Crippen molar-refractivity contribution in [3.63, 3.8) is 0 Å². The van der Waals surface area contributed by atoms with Crippen LogP contribution in [-0.2, 0) is 20.9 Å². The van der Waals surface area contributed by atoms with Crippen LogP contribution in [0.15, 0.2) is 33.2 Å². The number of hydrogen-bond acceptors (Lipinski definition) is 6. The highest BCUT2D eigenvalue weighted by molar-refractivity contribution is 7.93. The molecular weight excluding hydrogens is 418 g/mol. The third-order valence-electron chi connectivity index (χ3n) is 5.20. The van der Waals surface area contributed by atoms with Gasteiger partial charge in [0.05, 0.1) is 16.3 Å². The molecule has 168 valence electrons. The van der Waals surface area contributed by atoms with E-state index in [1.807, 2.05) is 26.0 Å². The zero-order valence-electron chi connectivity index (χ0n) is 18.3. The zero-order valence-corrected chi connectivity index (χ0v) is 19.1. The maximum absolute atomic E-state index is 13.2.